The maximum atomic E-state index is 14.7. The van der Waals surface area contributed by atoms with Gasteiger partial charge in [-0.1, -0.05) is 45.8 Å². The van der Waals surface area contributed by atoms with Gasteiger partial charge in [-0.25, -0.2) is 13.6 Å². The number of fused-ring (bicyclic) bond motifs is 1. The zero-order valence-electron chi connectivity index (χ0n) is 22.6. The van der Waals surface area contributed by atoms with Gasteiger partial charge in [-0.3, -0.25) is 9.69 Å². The van der Waals surface area contributed by atoms with Gasteiger partial charge < -0.3 is 14.4 Å². The van der Waals surface area contributed by atoms with Crippen LogP contribution < -0.4 is 4.74 Å². The van der Waals surface area contributed by atoms with Gasteiger partial charge in [0.25, 0.3) is 0 Å². The topological polar surface area (TPSA) is 59.1 Å². The van der Waals surface area contributed by atoms with Crippen molar-refractivity contribution in [1.29, 1.82) is 0 Å². The number of aryl methyl sites for hydroxylation is 1. The Labute approximate surface area is 235 Å². The molecule has 1 aliphatic heterocycles. The highest BCUT2D eigenvalue weighted by molar-refractivity contribution is 9.10. The summed E-state index contributed by atoms with van der Waals surface area (Å²) in [4.78, 5) is 29.8. The first kappa shape index (κ1) is 28.5. The van der Waals surface area contributed by atoms with Crippen molar-refractivity contribution in [3.8, 4) is 11.5 Å². The fraction of sp³-hybridized carbons (Fsp3) is 0.333. The Bertz CT molecular complexity index is 1390. The van der Waals surface area contributed by atoms with Crippen molar-refractivity contribution in [2.24, 2.45) is 0 Å². The number of carbonyl (C=O) groups is 2. The molecule has 3 aromatic rings. The van der Waals surface area contributed by atoms with E-state index in [0.29, 0.717) is 11.5 Å². The lowest BCUT2D eigenvalue weighted by molar-refractivity contribution is -0.136. The molecule has 6 nitrogen and oxygen atoms in total. The normalized spacial score (nSPS) is 15.0. The van der Waals surface area contributed by atoms with E-state index in [4.69, 9.17) is 9.47 Å². The molecule has 1 aliphatic rings. The van der Waals surface area contributed by atoms with Crippen LogP contribution in [-0.2, 0) is 22.5 Å². The Morgan fingerprint density at radius 2 is 1.77 bits per heavy atom. The quantitative estimate of drug-likeness (QED) is 0.308. The summed E-state index contributed by atoms with van der Waals surface area (Å²) in [5.41, 5.74) is 1.36. The molecule has 39 heavy (non-hydrogen) atoms. The molecule has 0 radical (unpaired) electrons. The first-order valence-corrected chi connectivity index (χ1v) is 13.4. The fourth-order valence-corrected chi connectivity index (χ4v) is 4.80. The maximum Gasteiger partial charge on any atom is 0.411 e. The van der Waals surface area contributed by atoms with E-state index < -0.39 is 35.3 Å². The molecule has 0 aromatic heterocycles. The fourth-order valence-electron chi connectivity index (χ4n) is 4.46. The van der Waals surface area contributed by atoms with E-state index in [2.05, 4.69) is 15.9 Å². The van der Waals surface area contributed by atoms with Gasteiger partial charge in [0.15, 0.2) is 11.6 Å². The van der Waals surface area contributed by atoms with Crippen molar-refractivity contribution in [3.05, 3.63) is 93.0 Å². The monoisotopic (exact) mass is 600 g/mol. The zero-order valence-corrected chi connectivity index (χ0v) is 24.1. The van der Waals surface area contributed by atoms with Crippen molar-refractivity contribution < 1.29 is 27.8 Å². The second-order valence-corrected chi connectivity index (χ2v) is 11.5. The number of carbonyl (C=O) groups excluding carboxylic acids is 2. The van der Waals surface area contributed by atoms with Gasteiger partial charge in [0.1, 0.15) is 23.1 Å². The van der Waals surface area contributed by atoms with Crippen molar-refractivity contribution >= 4 is 27.9 Å². The van der Waals surface area contributed by atoms with E-state index in [9.17, 15) is 18.4 Å². The van der Waals surface area contributed by atoms with Crippen LogP contribution in [0.5, 0.6) is 11.5 Å². The van der Waals surface area contributed by atoms with E-state index in [1.165, 1.54) is 15.9 Å². The molecule has 3 aromatic carbocycles. The summed E-state index contributed by atoms with van der Waals surface area (Å²) in [7, 11) is 1.60. The van der Waals surface area contributed by atoms with Crippen molar-refractivity contribution in [1.82, 2.24) is 9.80 Å². The van der Waals surface area contributed by atoms with Crippen LogP contribution in [0.3, 0.4) is 0 Å². The number of ether oxygens (including phenoxy) is 2. The molecule has 0 saturated heterocycles. The Balaban J connectivity index is 1.66. The van der Waals surface area contributed by atoms with Gasteiger partial charge >= 0.3 is 6.09 Å². The minimum atomic E-state index is -1.18. The Kier molecular flexibility index (Phi) is 8.30. The van der Waals surface area contributed by atoms with E-state index in [-0.39, 0.29) is 30.6 Å². The summed E-state index contributed by atoms with van der Waals surface area (Å²) in [5, 5.41) is 0. The number of hydrogen-bond acceptors (Lipinski definition) is 4. The Morgan fingerprint density at radius 3 is 2.44 bits per heavy atom. The smallest absolute Gasteiger partial charge is 0.411 e. The molecule has 0 spiro atoms. The Morgan fingerprint density at radius 1 is 1.08 bits per heavy atom. The maximum absolute atomic E-state index is 14.7. The summed E-state index contributed by atoms with van der Waals surface area (Å²) in [6.45, 7) is 7.31. The van der Waals surface area contributed by atoms with Gasteiger partial charge in [-0.2, -0.15) is 0 Å². The molecule has 2 amide bonds. The molecule has 0 N–H and O–H groups in total. The lowest BCUT2D eigenvalue weighted by Crippen LogP contribution is -2.49. The van der Waals surface area contributed by atoms with E-state index >= 15 is 0 Å². The molecule has 1 heterocycles. The van der Waals surface area contributed by atoms with Gasteiger partial charge in [-0.15, -0.1) is 0 Å². The lowest BCUT2D eigenvalue weighted by Gasteiger charge is -2.39. The summed E-state index contributed by atoms with van der Waals surface area (Å²) < 4.78 is 41.3. The van der Waals surface area contributed by atoms with Crippen LogP contribution in [0.2, 0.25) is 0 Å². The first-order chi connectivity index (χ1) is 18.3. The van der Waals surface area contributed by atoms with Crippen LogP contribution in [-0.4, -0.2) is 41.0 Å². The number of rotatable bonds is 5. The van der Waals surface area contributed by atoms with Crippen molar-refractivity contribution in [2.75, 3.05) is 13.6 Å². The minimum absolute atomic E-state index is 0.00655. The summed E-state index contributed by atoms with van der Waals surface area (Å²) in [6.07, 6.45) is -0.635. The molecule has 1 unspecified atom stereocenters. The highest BCUT2D eigenvalue weighted by atomic mass is 79.9. The molecular weight excluding hydrogens is 570 g/mol. The molecule has 0 saturated carbocycles. The van der Waals surface area contributed by atoms with Crippen LogP contribution >= 0.6 is 15.9 Å². The van der Waals surface area contributed by atoms with E-state index in [1.807, 2.05) is 49.4 Å². The van der Waals surface area contributed by atoms with Gasteiger partial charge in [0.2, 0.25) is 5.91 Å². The van der Waals surface area contributed by atoms with Crippen LogP contribution in [0.1, 0.15) is 49.1 Å². The molecular formula is C30H31BrF2N2O4. The highest BCUT2D eigenvalue weighted by Gasteiger charge is 2.41. The minimum Gasteiger partial charge on any atom is -0.457 e. The van der Waals surface area contributed by atoms with Gasteiger partial charge in [0.05, 0.1) is 0 Å². The van der Waals surface area contributed by atoms with Crippen LogP contribution in [0.4, 0.5) is 13.6 Å². The predicted molar refractivity (Wildman–Crippen MR) is 148 cm³/mol. The van der Waals surface area contributed by atoms with Gasteiger partial charge in [-0.05, 0) is 75.6 Å². The largest absolute Gasteiger partial charge is 0.457 e. The van der Waals surface area contributed by atoms with E-state index in [1.54, 1.807) is 27.8 Å². The third-order valence-electron chi connectivity index (χ3n) is 6.36. The second-order valence-electron chi connectivity index (χ2n) is 10.6. The zero-order chi connectivity index (χ0) is 28.5. The van der Waals surface area contributed by atoms with E-state index in [0.717, 1.165) is 21.7 Å². The van der Waals surface area contributed by atoms with Crippen molar-refractivity contribution in [3.63, 3.8) is 0 Å². The number of nitrogens with zero attached hydrogens (tertiary/aromatic N) is 2. The molecule has 0 bridgehead atoms. The predicted octanol–water partition coefficient (Wildman–Crippen LogP) is 7.32. The van der Waals surface area contributed by atoms with Crippen molar-refractivity contribution in [2.45, 2.75) is 52.3 Å². The van der Waals surface area contributed by atoms with Crippen LogP contribution in [0, 0.1) is 18.6 Å². The van der Waals surface area contributed by atoms with Gasteiger partial charge in [0, 0.05) is 30.2 Å². The number of halogens is 3. The molecule has 0 aliphatic carbocycles. The molecule has 206 valence electrons. The summed E-state index contributed by atoms with van der Waals surface area (Å²) >= 11 is 3.47. The molecule has 9 heteroatoms. The SMILES string of the molecule is Cc1ccc(Oc2cc(Br)ccc2CN(C)C(=O)C2c3ccc(F)c(F)c3CCN2C(=O)OC(C)(C)C)cc1. The van der Waals surface area contributed by atoms with Crippen LogP contribution in [0.25, 0.3) is 0 Å². The standard InChI is InChI=1S/C30H31BrF2N2O4/c1-18-6-10-21(11-7-18)38-25-16-20(31)9-8-19(25)17-34(5)28(36)27-23-12-13-24(32)26(33)22(23)14-15-35(27)29(37)39-30(2,3)4/h6-13,16,27H,14-15,17H2,1-5H3. The highest BCUT2D eigenvalue weighted by Crippen LogP contribution is 2.36. The molecule has 0 fully saturated rings. The Hall–Kier alpha value is -3.46. The third kappa shape index (κ3) is 6.58. The van der Waals surface area contributed by atoms with Crippen LogP contribution in [0.15, 0.2) is 59.1 Å². The number of likely N-dealkylation sites (N-methyl/N-ethyl adjacent to an activating group) is 1. The average Bonchev–Trinajstić information content (AvgIpc) is 2.87. The number of benzene rings is 3. The lowest BCUT2D eigenvalue weighted by atomic mass is 9.91. The second kappa shape index (κ2) is 11.3. The average molecular weight is 601 g/mol. The number of hydrogen-bond donors (Lipinski definition) is 0. The third-order valence-corrected chi connectivity index (χ3v) is 6.86. The number of amides is 2. The summed E-state index contributed by atoms with van der Waals surface area (Å²) in [6, 6.07) is 14.3. The summed E-state index contributed by atoms with van der Waals surface area (Å²) in [5.74, 6) is -1.26. The first-order valence-electron chi connectivity index (χ1n) is 12.6. The molecule has 4 rings (SSSR count). The molecule has 1 atom stereocenters.